The molecule has 0 spiro atoms. The van der Waals surface area contributed by atoms with E-state index in [1.54, 1.807) is 32.0 Å². The Hall–Kier alpha value is -3.68. The van der Waals surface area contributed by atoms with E-state index in [1.807, 2.05) is 0 Å². The molecule has 0 unspecified atom stereocenters. The van der Waals surface area contributed by atoms with Crippen LogP contribution < -0.4 is 14.3 Å². The Morgan fingerprint density at radius 1 is 1.03 bits per heavy atom. The van der Waals surface area contributed by atoms with Crippen LogP contribution in [0.15, 0.2) is 65.6 Å². The molecule has 196 valence electrons. The van der Waals surface area contributed by atoms with Crippen LogP contribution in [0.1, 0.15) is 11.1 Å². The topological polar surface area (TPSA) is 156 Å². The van der Waals surface area contributed by atoms with Crippen LogP contribution in [0.4, 0.5) is 22.7 Å². The number of hydrogen-bond donors (Lipinski definition) is 2. The van der Waals surface area contributed by atoms with E-state index >= 15 is 0 Å². The Labute approximate surface area is 219 Å². The van der Waals surface area contributed by atoms with Crippen LogP contribution in [0.25, 0.3) is 0 Å². The van der Waals surface area contributed by atoms with E-state index in [-0.39, 0.29) is 22.0 Å². The number of aryl methyl sites for hydroxylation is 1. The number of benzene rings is 3. The number of sulfonamides is 2. The number of nitro groups is 1. The highest BCUT2D eigenvalue weighted by molar-refractivity contribution is 7.92. The molecule has 11 nitrogen and oxygen atoms in total. The van der Waals surface area contributed by atoms with E-state index < -0.39 is 37.4 Å². The summed E-state index contributed by atoms with van der Waals surface area (Å²) in [5, 5.41) is 14.0. The first-order chi connectivity index (χ1) is 17.2. The highest BCUT2D eigenvalue weighted by atomic mass is 35.5. The maximum Gasteiger partial charge on any atom is 0.271 e. The predicted octanol–water partition coefficient (Wildman–Crippen LogP) is 4.07. The number of halogens is 1. The number of amides is 1. The van der Waals surface area contributed by atoms with Crippen molar-refractivity contribution in [3.8, 4) is 0 Å². The molecule has 0 saturated carbocycles. The summed E-state index contributed by atoms with van der Waals surface area (Å²) in [4.78, 5) is 23.1. The van der Waals surface area contributed by atoms with Crippen LogP contribution in [-0.4, -0.2) is 40.5 Å². The first-order valence-electron chi connectivity index (χ1n) is 10.6. The maximum atomic E-state index is 12.8. The zero-order valence-electron chi connectivity index (χ0n) is 19.9. The molecule has 3 aromatic rings. The van der Waals surface area contributed by atoms with Gasteiger partial charge < -0.3 is 5.32 Å². The van der Waals surface area contributed by atoms with Crippen molar-refractivity contribution in [2.45, 2.75) is 18.7 Å². The Kier molecular flexibility index (Phi) is 8.10. The van der Waals surface area contributed by atoms with Gasteiger partial charge in [-0.2, -0.15) is 0 Å². The molecule has 0 aliphatic heterocycles. The van der Waals surface area contributed by atoms with Crippen LogP contribution in [0.5, 0.6) is 0 Å². The number of non-ortho nitro benzene ring substituents is 1. The first kappa shape index (κ1) is 27.9. The van der Waals surface area contributed by atoms with E-state index in [0.717, 1.165) is 16.6 Å². The van der Waals surface area contributed by atoms with Gasteiger partial charge >= 0.3 is 0 Å². The monoisotopic (exact) mass is 566 g/mol. The summed E-state index contributed by atoms with van der Waals surface area (Å²) in [7, 11) is -7.93. The van der Waals surface area contributed by atoms with Crippen LogP contribution in [0.3, 0.4) is 0 Å². The third-order valence-corrected chi connectivity index (χ3v) is 8.24. The van der Waals surface area contributed by atoms with Gasteiger partial charge in [-0.15, -0.1) is 0 Å². The van der Waals surface area contributed by atoms with Gasteiger partial charge in [-0.25, -0.2) is 16.8 Å². The van der Waals surface area contributed by atoms with Crippen molar-refractivity contribution in [2.75, 3.05) is 27.1 Å². The Morgan fingerprint density at radius 3 is 2.27 bits per heavy atom. The summed E-state index contributed by atoms with van der Waals surface area (Å²) >= 11 is 6.05. The molecule has 0 radical (unpaired) electrons. The quantitative estimate of drug-likeness (QED) is 0.292. The predicted molar refractivity (Wildman–Crippen MR) is 142 cm³/mol. The summed E-state index contributed by atoms with van der Waals surface area (Å²) in [6, 6.07) is 13.8. The minimum atomic E-state index is -3.98. The summed E-state index contributed by atoms with van der Waals surface area (Å²) in [5.41, 5.74) is 1.19. The standard InChI is InChI=1S/C23H23ClN4O7S2/c1-15-7-10-18(28(30)31)13-22(15)27(36(3,32)33)14-23(29)25-17-8-11-19(12-9-17)37(34,35)26-21-6-4-5-20(24)16(21)2/h4-13,26H,14H2,1-3H3,(H,25,29). The Bertz CT molecular complexity index is 1580. The highest BCUT2D eigenvalue weighted by Crippen LogP contribution is 2.28. The van der Waals surface area contributed by atoms with E-state index in [4.69, 9.17) is 11.6 Å². The fourth-order valence-corrected chi connectivity index (χ4v) is 5.53. The number of nitro benzene ring substituents is 1. The van der Waals surface area contributed by atoms with Crippen molar-refractivity contribution in [2.24, 2.45) is 0 Å². The molecule has 3 aromatic carbocycles. The van der Waals surface area contributed by atoms with Crippen LogP contribution in [-0.2, 0) is 24.8 Å². The molecular weight excluding hydrogens is 544 g/mol. The molecule has 0 aliphatic rings. The van der Waals surface area contributed by atoms with Gasteiger partial charge in [0.1, 0.15) is 6.54 Å². The summed E-state index contributed by atoms with van der Waals surface area (Å²) in [6.45, 7) is 2.58. The molecule has 0 atom stereocenters. The molecular formula is C23H23ClN4O7S2. The van der Waals surface area contributed by atoms with Crippen molar-refractivity contribution in [1.82, 2.24) is 0 Å². The Balaban J connectivity index is 1.78. The zero-order chi connectivity index (χ0) is 27.5. The second kappa shape index (κ2) is 10.7. The van der Waals surface area contributed by atoms with Crippen molar-refractivity contribution in [1.29, 1.82) is 0 Å². The van der Waals surface area contributed by atoms with E-state index in [2.05, 4.69) is 10.0 Å². The summed E-state index contributed by atoms with van der Waals surface area (Å²) < 4.78 is 53.5. The van der Waals surface area contributed by atoms with Gasteiger partial charge in [-0.1, -0.05) is 23.7 Å². The number of carbonyl (C=O) groups is 1. The fourth-order valence-electron chi connectivity index (χ4n) is 3.33. The lowest BCUT2D eigenvalue weighted by Crippen LogP contribution is -2.37. The van der Waals surface area contributed by atoms with Crippen LogP contribution >= 0.6 is 11.6 Å². The van der Waals surface area contributed by atoms with Gasteiger partial charge in [-0.3, -0.25) is 23.9 Å². The van der Waals surface area contributed by atoms with Gasteiger partial charge in [0.05, 0.1) is 27.4 Å². The minimum absolute atomic E-state index is 0.00401. The van der Waals surface area contributed by atoms with Crippen LogP contribution in [0.2, 0.25) is 5.02 Å². The highest BCUT2D eigenvalue weighted by Gasteiger charge is 2.25. The Morgan fingerprint density at radius 2 is 1.68 bits per heavy atom. The molecule has 0 aromatic heterocycles. The lowest BCUT2D eigenvalue weighted by Gasteiger charge is -2.23. The van der Waals surface area contributed by atoms with Crippen molar-refractivity contribution in [3.63, 3.8) is 0 Å². The lowest BCUT2D eigenvalue weighted by molar-refractivity contribution is -0.384. The average molecular weight is 567 g/mol. The smallest absolute Gasteiger partial charge is 0.271 e. The molecule has 37 heavy (non-hydrogen) atoms. The molecule has 0 fully saturated rings. The number of nitrogens with zero attached hydrogens (tertiary/aromatic N) is 2. The molecule has 14 heteroatoms. The zero-order valence-corrected chi connectivity index (χ0v) is 22.3. The molecule has 0 bridgehead atoms. The molecule has 0 heterocycles. The minimum Gasteiger partial charge on any atom is -0.325 e. The lowest BCUT2D eigenvalue weighted by atomic mass is 10.2. The first-order valence-corrected chi connectivity index (χ1v) is 14.3. The molecule has 0 saturated heterocycles. The number of nitrogens with one attached hydrogen (secondary N) is 2. The SMILES string of the molecule is Cc1ccc([N+](=O)[O-])cc1N(CC(=O)Nc1ccc(S(=O)(=O)Nc2cccc(Cl)c2C)cc1)S(C)(=O)=O. The van der Waals surface area contributed by atoms with Crippen molar-refractivity contribution >= 4 is 60.3 Å². The van der Waals surface area contributed by atoms with Crippen molar-refractivity contribution in [3.05, 3.63) is 86.9 Å². The van der Waals surface area contributed by atoms with Crippen molar-refractivity contribution < 1.29 is 26.6 Å². The molecule has 1 amide bonds. The fraction of sp³-hybridized carbons (Fsp3) is 0.174. The summed E-state index contributed by atoms with van der Waals surface area (Å²) in [5.74, 6) is -0.736. The molecule has 2 N–H and O–H groups in total. The average Bonchev–Trinajstić information content (AvgIpc) is 2.80. The van der Waals surface area contributed by atoms with Crippen LogP contribution in [0, 0.1) is 24.0 Å². The van der Waals surface area contributed by atoms with Gasteiger partial charge in [0, 0.05) is 22.8 Å². The third-order valence-electron chi connectivity index (χ3n) is 5.32. The molecule has 3 rings (SSSR count). The second-order valence-corrected chi connectivity index (χ2v) is 12.1. The largest absolute Gasteiger partial charge is 0.325 e. The number of hydrogen-bond acceptors (Lipinski definition) is 7. The van der Waals surface area contributed by atoms with E-state index in [1.165, 1.54) is 36.4 Å². The summed E-state index contributed by atoms with van der Waals surface area (Å²) in [6.07, 6.45) is 0.882. The van der Waals surface area contributed by atoms with Gasteiger partial charge in [-0.05, 0) is 61.4 Å². The number of anilines is 3. The normalized spacial score (nSPS) is 11.6. The van der Waals surface area contributed by atoms with Gasteiger partial charge in [0.2, 0.25) is 15.9 Å². The maximum absolute atomic E-state index is 12.8. The van der Waals surface area contributed by atoms with E-state index in [9.17, 15) is 31.7 Å². The third kappa shape index (κ3) is 6.76. The second-order valence-electron chi connectivity index (χ2n) is 8.09. The van der Waals surface area contributed by atoms with E-state index in [0.29, 0.717) is 21.8 Å². The number of carbonyl (C=O) groups excluding carboxylic acids is 1. The molecule has 0 aliphatic carbocycles. The van der Waals surface area contributed by atoms with Gasteiger partial charge in [0.25, 0.3) is 15.7 Å². The number of rotatable bonds is 9. The van der Waals surface area contributed by atoms with Gasteiger partial charge in [0.15, 0.2) is 0 Å².